The molecule has 0 atom stereocenters. The summed E-state index contributed by atoms with van der Waals surface area (Å²) in [5, 5.41) is 11.3. The summed E-state index contributed by atoms with van der Waals surface area (Å²) in [5.74, 6) is -0.823. The number of carbonyl (C=O) groups excluding carboxylic acids is 1. The van der Waals surface area contributed by atoms with Gasteiger partial charge in [-0.3, -0.25) is 9.59 Å². The first-order chi connectivity index (χ1) is 7.66. The molecule has 0 saturated carbocycles. The predicted octanol–water partition coefficient (Wildman–Crippen LogP) is 0.708. The zero-order chi connectivity index (χ0) is 11.5. The van der Waals surface area contributed by atoms with E-state index in [4.69, 9.17) is 5.11 Å². The van der Waals surface area contributed by atoms with Crippen molar-refractivity contribution < 1.29 is 14.7 Å². The number of aromatic amines is 1. The molecule has 1 aliphatic heterocycles. The van der Waals surface area contributed by atoms with E-state index in [1.807, 2.05) is 6.07 Å². The topological polar surface area (TPSA) is 82.2 Å². The minimum atomic E-state index is -0.783. The number of fused-ring (bicyclic) bond motifs is 1. The summed E-state index contributed by atoms with van der Waals surface area (Å²) in [6.45, 7) is 0.668. The molecule has 0 bridgehead atoms. The van der Waals surface area contributed by atoms with Crippen molar-refractivity contribution in [1.29, 1.82) is 0 Å². The minimum absolute atomic E-state index is 0.0398. The van der Waals surface area contributed by atoms with Crippen molar-refractivity contribution in [3.63, 3.8) is 0 Å². The van der Waals surface area contributed by atoms with Gasteiger partial charge < -0.3 is 15.4 Å². The Hall–Kier alpha value is -1.78. The molecular formula is C11H14N2O3. The summed E-state index contributed by atoms with van der Waals surface area (Å²) in [5.41, 5.74) is 2.62. The summed E-state index contributed by atoms with van der Waals surface area (Å²) < 4.78 is 0. The number of hydrogen-bond donors (Lipinski definition) is 3. The number of carboxylic acid groups (broad SMARTS) is 1. The van der Waals surface area contributed by atoms with Crippen LogP contribution in [-0.4, -0.2) is 28.5 Å². The van der Waals surface area contributed by atoms with Gasteiger partial charge in [-0.05, 0) is 18.9 Å². The summed E-state index contributed by atoms with van der Waals surface area (Å²) in [7, 11) is 0. The quantitative estimate of drug-likeness (QED) is 0.701. The molecule has 1 amide bonds. The Balaban J connectivity index is 2.01. The maximum Gasteiger partial charge on any atom is 0.303 e. The summed E-state index contributed by atoms with van der Waals surface area (Å²) in [4.78, 5) is 25.0. The lowest BCUT2D eigenvalue weighted by molar-refractivity contribution is -0.137. The lowest BCUT2D eigenvalue weighted by atomic mass is 10.1. The van der Waals surface area contributed by atoms with Crippen molar-refractivity contribution in [3.05, 3.63) is 23.0 Å². The third kappa shape index (κ3) is 2.24. The summed E-state index contributed by atoms with van der Waals surface area (Å²) >= 11 is 0. The minimum Gasteiger partial charge on any atom is -0.481 e. The number of hydrogen-bond acceptors (Lipinski definition) is 2. The van der Waals surface area contributed by atoms with Crippen LogP contribution in [0.1, 0.15) is 34.6 Å². The molecule has 3 N–H and O–H groups in total. The molecule has 1 aromatic rings. The summed E-state index contributed by atoms with van der Waals surface area (Å²) in [6, 6.07) is 1.83. The average Bonchev–Trinajstić information content (AvgIpc) is 2.61. The van der Waals surface area contributed by atoms with Crippen molar-refractivity contribution in [1.82, 2.24) is 10.3 Å². The van der Waals surface area contributed by atoms with Crippen LogP contribution in [0.2, 0.25) is 0 Å². The average molecular weight is 222 g/mol. The number of amides is 1. The van der Waals surface area contributed by atoms with Gasteiger partial charge in [0.05, 0.1) is 5.56 Å². The number of rotatable bonds is 4. The second-order valence-electron chi connectivity index (χ2n) is 3.94. The van der Waals surface area contributed by atoms with E-state index in [1.165, 1.54) is 0 Å². The van der Waals surface area contributed by atoms with Crippen molar-refractivity contribution in [2.24, 2.45) is 0 Å². The number of aryl methyl sites for hydroxylation is 1. The first-order valence-electron chi connectivity index (χ1n) is 5.37. The van der Waals surface area contributed by atoms with E-state index in [0.717, 1.165) is 17.8 Å². The highest BCUT2D eigenvalue weighted by molar-refractivity contribution is 5.96. The Bertz CT molecular complexity index is 423. The molecule has 5 nitrogen and oxygen atoms in total. The Morgan fingerprint density at radius 2 is 2.31 bits per heavy atom. The van der Waals surface area contributed by atoms with E-state index in [-0.39, 0.29) is 12.3 Å². The van der Waals surface area contributed by atoms with Crippen LogP contribution in [0.25, 0.3) is 0 Å². The largest absolute Gasteiger partial charge is 0.481 e. The van der Waals surface area contributed by atoms with Crippen molar-refractivity contribution >= 4 is 11.9 Å². The van der Waals surface area contributed by atoms with Crippen LogP contribution in [0.4, 0.5) is 0 Å². The molecule has 1 aromatic heterocycles. The Morgan fingerprint density at radius 1 is 1.50 bits per heavy atom. The number of carboxylic acids is 1. The first kappa shape index (κ1) is 10.7. The normalized spacial score (nSPS) is 14.4. The lowest BCUT2D eigenvalue weighted by Crippen LogP contribution is -2.31. The van der Waals surface area contributed by atoms with Crippen molar-refractivity contribution in [2.45, 2.75) is 25.7 Å². The van der Waals surface area contributed by atoms with Gasteiger partial charge in [0.15, 0.2) is 0 Å². The zero-order valence-electron chi connectivity index (χ0n) is 8.88. The number of aromatic nitrogens is 1. The highest BCUT2D eigenvalue weighted by Crippen LogP contribution is 2.16. The molecular weight excluding hydrogens is 208 g/mol. The molecule has 0 saturated heterocycles. The number of aliphatic carboxylic acids is 1. The highest BCUT2D eigenvalue weighted by atomic mass is 16.4. The van der Waals surface area contributed by atoms with E-state index < -0.39 is 5.97 Å². The fourth-order valence-electron chi connectivity index (χ4n) is 1.92. The molecule has 1 aliphatic rings. The second-order valence-corrected chi connectivity index (χ2v) is 3.94. The van der Waals surface area contributed by atoms with Gasteiger partial charge in [0.2, 0.25) is 0 Å². The molecule has 0 aromatic carbocycles. The van der Waals surface area contributed by atoms with Gasteiger partial charge in [0, 0.05) is 30.8 Å². The van der Waals surface area contributed by atoms with Crippen LogP contribution in [0.15, 0.2) is 6.07 Å². The standard InChI is InChI=1S/C11H14N2O3/c14-10(15)3-1-2-7-6-8-9(13-7)4-5-12-11(8)16/h6,13H,1-5H2,(H,12,16)(H,14,15). The van der Waals surface area contributed by atoms with Gasteiger partial charge in [-0.2, -0.15) is 0 Å². The Morgan fingerprint density at radius 3 is 3.00 bits per heavy atom. The molecule has 2 heterocycles. The van der Waals surface area contributed by atoms with Gasteiger partial charge in [-0.25, -0.2) is 0 Å². The SMILES string of the molecule is O=C(O)CCCc1cc2c([nH]1)CCNC2=O. The molecule has 0 unspecified atom stereocenters. The Kier molecular flexibility index (Phi) is 2.94. The molecule has 16 heavy (non-hydrogen) atoms. The molecule has 0 spiro atoms. The maximum atomic E-state index is 11.5. The van der Waals surface area contributed by atoms with Gasteiger partial charge in [-0.15, -0.1) is 0 Å². The van der Waals surface area contributed by atoms with Crippen LogP contribution in [0.5, 0.6) is 0 Å². The van der Waals surface area contributed by atoms with E-state index in [0.29, 0.717) is 24.9 Å². The first-order valence-corrected chi connectivity index (χ1v) is 5.37. The highest BCUT2D eigenvalue weighted by Gasteiger charge is 2.19. The maximum absolute atomic E-state index is 11.5. The van der Waals surface area contributed by atoms with Gasteiger partial charge in [0.1, 0.15) is 0 Å². The molecule has 0 fully saturated rings. The molecule has 0 aliphatic carbocycles. The smallest absolute Gasteiger partial charge is 0.303 e. The van der Waals surface area contributed by atoms with Crippen LogP contribution in [0.3, 0.4) is 0 Å². The van der Waals surface area contributed by atoms with Crippen molar-refractivity contribution in [3.8, 4) is 0 Å². The molecule has 2 rings (SSSR count). The molecule has 86 valence electrons. The van der Waals surface area contributed by atoms with Crippen LogP contribution >= 0.6 is 0 Å². The third-order valence-corrected chi connectivity index (χ3v) is 2.70. The van der Waals surface area contributed by atoms with Gasteiger partial charge >= 0.3 is 5.97 Å². The van der Waals surface area contributed by atoms with E-state index in [9.17, 15) is 9.59 Å². The van der Waals surface area contributed by atoms with Crippen LogP contribution < -0.4 is 5.32 Å². The lowest BCUT2D eigenvalue weighted by Gasteiger charge is -2.10. The number of nitrogens with one attached hydrogen (secondary N) is 2. The van der Waals surface area contributed by atoms with Gasteiger partial charge in [-0.1, -0.05) is 0 Å². The fraction of sp³-hybridized carbons (Fsp3) is 0.455. The molecule has 0 radical (unpaired) electrons. The second kappa shape index (κ2) is 4.38. The zero-order valence-corrected chi connectivity index (χ0v) is 8.88. The summed E-state index contributed by atoms with van der Waals surface area (Å²) in [6.07, 6.45) is 2.25. The number of carbonyl (C=O) groups is 2. The number of H-pyrrole nitrogens is 1. The van der Waals surface area contributed by atoms with Crippen molar-refractivity contribution in [2.75, 3.05) is 6.54 Å². The fourth-order valence-corrected chi connectivity index (χ4v) is 1.92. The van der Waals surface area contributed by atoms with E-state index >= 15 is 0 Å². The van der Waals surface area contributed by atoms with E-state index in [1.54, 1.807) is 0 Å². The van der Waals surface area contributed by atoms with Gasteiger partial charge in [0.25, 0.3) is 5.91 Å². The van der Waals surface area contributed by atoms with Crippen LogP contribution in [0, 0.1) is 0 Å². The Labute approximate surface area is 92.9 Å². The predicted molar refractivity (Wildman–Crippen MR) is 57.4 cm³/mol. The van der Waals surface area contributed by atoms with Crippen LogP contribution in [-0.2, 0) is 17.6 Å². The van der Waals surface area contributed by atoms with E-state index in [2.05, 4.69) is 10.3 Å². The monoisotopic (exact) mass is 222 g/mol. The third-order valence-electron chi connectivity index (χ3n) is 2.70. The molecule has 5 heteroatoms.